The lowest BCUT2D eigenvalue weighted by Crippen LogP contribution is -2.48. The third kappa shape index (κ3) is 4.43. The van der Waals surface area contributed by atoms with Crippen LogP contribution in [-0.2, 0) is 10.0 Å². The highest BCUT2D eigenvalue weighted by molar-refractivity contribution is 7.89. The fraction of sp³-hybridized carbons (Fsp3) is 0.400. The summed E-state index contributed by atoms with van der Waals surface area (Å²) < 4.78 is 34.0. The predicted octanol–water partition coefficient (Wildman–Crippen LogP) is 3.00. The van der Waals surface area contributed by atoms with Crippen LogP contribution in [-0.4, -0.2) is 50.3 Å². The van der Waals surface area contributed by atoms with E-state index in [0.717, 1.165) is 30.8 Å². The molecule has 1 aliphatic heterocycles. The Balaban J connectivity index is 1.94. The van der Waals surface area contributed by atoms with Gasteiger partial charge in [0.15, 0.2) is 0 Å². The summed E-state index contributed by atoms with van der Waals surface area (Å²) in [5, 5.41) is 0. The van der Waals surface area contributed by atoms with Crippen molar-refractivity contribution in [2.75, 3.05) is 38.5 Å². The molecule has 1 fully saturated rings. The summed E-state index contributed by atoms with van der Waals surface area (Å²) in [6.45, 7) is 9.35. The SMILES string of the molecule is CCN1CCN(S(=O)(=O)c2cc(N)ccc2Oc2cc(C)cc(C)c2)CC1. The molecule has 0 aliphatic carbocycles. The second-order valence-electron chi connectivity index (χ2n) is 6.97. The van der Waals surface area contributed by atoms with Gasteiger partial charge in [0, 0.05) is 31.9 Å². The van der Waals surface area contributed by atoms with E-state index in [1.165, 1.54) is 10.4 Å². The van der Waals surface area contributed by atoms with Gasteiger partial charge in [-0.15, -0.1) is 0 Å². The number of hydrogen-bond acceptors (Lipinski definition) is 5. The van der Waals surface area contributed by atoms with Gasteiger partial charge in [-0.1, -0.05) is 13.0 Å². The Labute approximate surface area is 161 Å². The van der Waals surface area contributed by atoms with Gasteiger partial charge in [-0.2, -0.15) is 4.31 Å². The zero-order valence-corrected chi connectivity index (χ0v) is 16.9. The van der Waals surface area contributed by atoms with E-state index in [9.17, 15) is 8.42 Å². The molecule has 0 aromatic heterocycles. The molecular weight excluding hydrogens is 362 g/mol. The maximum absolute atomic E-state index is 13.3. The zero-order chi connectivity index (χ0) is 19.6. The molecule has 0 bridgehead atoms. The average Bonchev–Trinajstić information content (AvgIpc) is 2.62. The summed E-state index contributed by atoms with van der Waals surface area (Å²) in [4.78, 5) is 2.35. The van der Waals surface area contributed by atoms with Crippen LogP contribution in [0.25, 0.3) is 0 Å². The first-order valence-electron chi connectivity index (χ1n) is 9.18. The molecule has 2 N–H and O–H groups in total. The van der Waals surface area contributed by atoms with Gasteiger partial charge in [-0.05, 0) is 61.9 Å². The molecule has 146 valence electrons. The Morgan fingerprint density at radius 1 is 1.00 bits per heavy atom. The number of likely N-dealkylation sites (N-methyl/N-ethyl adjacent to an activating group) is 1. The van der Waals surface area contributed by atoms with Gasteiger partial charge in [0.25, 0.3) is 0 Å². The number of sulfonamides is 1. The summed E-state index contributed by atoms with van der Waals surface area (Å²) in [6, 6.07) is 10.6. The van der Waals surface area contributed by atoms with Crippen LogP contribution < -0.4 is 10.5 Å². The number of anilines is 1. The van der Waals surface area contributed by atoms with E-state index in [2.05, 4.69) is 11.8 Å². The highest BCUT2D eigenvalue weighted by Crippen LogP contribution is 2.33. The summed E-state index contributed by atoms with van der Waals surface area (Å²) in [7, 11) is -3.69. The number of nitrogens with zero attached hydrogens (tertiary/aromatic N) is 2. The molecule has 0 spiro atoms. The van der Waals surface area contributed by atoms with Gasteiger partial charge in [0.05, 0.1) is 0 Å². The van der Waals surface area contributed by atoms with E-state index < -0.39 is 10.0 Å². The number of benzene rings is 2. The summed E-state index contributed by atoms with van der Waals surface area (Å²) in [6.07, 6.45) is 0. The monoisotopic (exact) mass is 389 g/mol. The van der Waals surface area contributed by atoms with E-state index in [1.54, 1.807) is 12.1 Å². The maximum atomic E-state index is 13.3. The van der Waals surface area contributed by atoms with Crippen molar-refractivity contribution in [3.63, 3.8) is 0 Å². The zero-order valence-electron chi connectivity index (χ0n) is 16.1. The van der Waals surface area contributed by atoms with Crippen molar-refractivity contribution in [3.05, 3.63) is 47.5 Å². The molecule has 27 heavy (non-hydrogen) atoms. The van der Waals surface area contributed by atoms with Crippen molar-refractivity contribution in [3.8, 4) is 11.5 Å². The number of piperazine rings is 1. The van der Waals surface area contributed by atoms with Gasteiger partial charge in [-0.25, -0.2) is 8.42 Å². The molecular formula is C20H27N3O3S. The molecule has 2 aromatic rings. The smallest absolute Gasteiger partial charge is 0.246 e. The van der Waals surface area contributed by atoms with E-state index in [-0.39, 0.29) is 4.90 Å². The van der Waals surface area contributed by atoms with Crippen molar-refractivity contribution >= 4 is 15.7 Å². The summed E-state index contributed by atoms with van der Waals surface area (Å²) >= 11 is 0. The predicted molar refractivity (Wildman–Crippen MR) is 108 cm³/mol. The molecule has 1 aliphatic rings. The van der Waals surface area contributed by atoms with E-state index in [0.29, 0.717) is 30.3 Å². The Kier molecular flexibility index (Phi) is 5.74. The molecule has 0 saturated carbocycles. The minimum absolute atomic E-state index is 0.117. The third-order valence-electron chi connectivity index (χ3n) is 4.79. The van der Waals surface area contributed by atoms with Crippen LogP contribution >= 0.6 is 0 Å². The van der Waals surface area contributed by atoms with Gasteiger partial charge in [0.2, 0.25) is 10.0 Å². The van der Waals surface area contributed by atoms with Crippen LogP contribution in [0.1, 0.15) is 18.1 Å². The van der Waals surface area contributed by atoms with E-state index in [4.69, 9.17) is 10.5 Å². The Bertz CT molecular complexity index is 900. The number of ether oxygens (including phenoxy) is 1. The molecule has 3 rings (SSSR count). The number of aryl methyl sites for hydroxylation is 2. The molecule has 0 amide bonds. The number of nitrogen functional groups attached to an aromatic ring is 1. The lowest BCUT2D eigenvalue weighted by Gasteiger charge is -2.33. The number of rotatable bonds is 5. The lowest BCUT2D eigenvalue weighted by atomic mass is 10.1. The first-order chi connectivity index (χ1) is 12.8. The average molecular weight is 390 g/mol. The third-order valence-corrected chi connectivity index (χ3v) is 6.71. The largest absolute Gasteiger partial charge is 0.456 e. The van der Waals surface area contributed by atoms with Gasteiger partial charge in [0.1, 0.15) is 16.4 Å². The second-order valence-corrected chi connectivity index (χ2v) is 8.88. The normalized spacial score (nSPS) is 16.4. The maximum Gasteiger partial charge on any atom is 0.246 e. The second kappa shape index (κ2) is 7.88. The van der Waals surface area contributed by atoms with Gasteiger partial charge >= 0.3 is 0 Å². The molecule has 0 radical (unpaired) electrons. The lowest BCUT2D eigenvalue weighted by molar-refractivity contribution is 0.196. The van der Waals surface area contributed by atoms with Gasteiger partial charge in [-0.3, -0.25) is 0 Å². The number of nitrogens with two attached hydrogens (primary N) is 1. The fourth-order valence-electron chi connectivity index (χ4n) is 3.35. The standard InChI is InChI=1S/C20H27N3O3S/c1-4-22-7-9-23(10-8-22)27(24,25)20-14-17(21)5-6-19(20)26-18-12-15(2)11-16(3)13-18/h5-6,11-14H,4,7-10,21H2,1-3H3. The first-order valence-corrected chi connectivity index (χ1v) is 10.6. The Hall–Kier alpha value is -2.09. The molecule has 1 heterocycles. The molecule has 0 atom stereocenters. The minimum atomic E-state index is -3.69. The van der Waals surface area contributed by atoms with Crippen LogP contribution in [0, 0.1) is 13.8 Å². The molecule has 6 nitrogen and oxygen atoms in total. The topological polar surface area (TPSA) is 75.9 Å². The highest BCUT2D eigenvalue weighted by Gasteiger charge is 2.31. The Morgan fingerprint density at radius 2 is 1.63 bits per heavy atom. The summed E-state index contributed by atoms with van der Waals surface area (Å²) in [5.41, 5.74) is 8.40. The van der Waals surface area contributed by atoms with Crippen LogP contribution in [0.2, 0.25) is 0 Å². The molecule has 7 heteroatoms. The van der Waals surface area contributed by atoms with Crippen molar-refractivity contribution < 1.29 is 13.2 Å². The van der Waals surface area contributed by atoms with Crippen molar-refractivity contribution in [1.29, 1.82) is 0 Å². The van der Waals surface area contributed by atoms with Crippen molar-refractivity contribution in [1.82, 2.24) is 9.21 Å². The van der Waals surface area contributed by atoms with Crippen molar-refractivity contribution in [2.24, 2.45) is 0 Å². The first kappa shape index (κ1) is 19.7. The van der Waals surface area contributed by atoms with Crippen LogP contribution in [0.4, 0.5) is 5.69 Å². The van der Waals surface area contributed by atoms with Crippen LogP contribution in [0.3, 0.4) is 0 Å². The molecule has 2 aromatic carbocycles. The highest BCUT2D eigenvalue weighted by atomic mass is 32.2. The summed E-state index contributed by atoms with van der Waals surface area (Å²) in [5.74, 6) is 0.914. The quantitative estimate of drug-likeness (QED) is 0.796. The number of hydrogen-bond donors (Lipinski definition) is 1. The minimum Gasteiger partial charge on any atom is -0.456 e. The molecule has 1 saturated heterocycles. The van der Waals surface area contributed by atoms with E-state index >= 15 is 0 Å². The van der Waals surface area contributed by atoms with Crippen LogP contribution in [0.15, 0.2) is 41.3 Å². The fourth-order valence-corrected chi connectivity index (χ4v) is 4.93. The molecule has 0 unspecified atom stereocenters. The Morgan fingerprint density at radius 3 is 2.22 bits per heavy atom. The van der Waals surface area contributed by atoms with E-state index in [1.807, 2.05) is 32.0 Å². The van der Waals surface area contributed by atoms with Crippen molar-refractivity contribution in [2.45, 2.75) is 25.7 Å². The van der Waals surface area contributed by atoms with Crippen LogP contribution in [0.5, 0.6) is 11.5 Å². The van der Waals surface area contributed by atoms with Gasteiger partial charge < -0.3 is 15.4 Å².